The maximum Gasteiger partial charge on any atom is 0.105 e. The molecule has 0 spiro atoms. The van der Waals surface area contributed by atoms with Crippen LogP contribution in [0.5, 0.6) is 0 Å². The molecule has 3 unspecified atom stereocenters. The van der Waals surface area contributed by atoms with E-state index in [9.17, 15) is 0 Å². The van der Waals surface area contributed by atoms with Gasteiger partial charge in [0.25, 0.3) is 0 Å². The minimum Gasteiger partial charge on any atom is -0.363 e. The molecular weight excluding hydrogens is 208 g/mol. The number of hydrogen-bond acceptors (Lipinski definition) is 1. The van der Waals surface area contributed by atoms with Crippen LogP contribution in [-0.4, -0.2) is 12.2 Å². The third kappa shape index (κ3) is 1.35. The molecular formula is C16H22O. The Bertz CT molecular complexity index is 440. The fraction of sp³-hybridized carbons (Fsp3) is 0.625. The van der Waals surface area contributed by atoms with Crippen LogP contribution >= 0.6 is 0 Å². The molecule has 92 valence electrons. The van der Waals surface area contributed by atoms with Crippen molar-refractivity contribution >= 4 is 0 Å². The smallest absolute Gasteiger partial charge is 0.105 e. The van der Waals surface area contributed by atoms with Crippen LogP contribution in [0.4, 0.5) is 0 Å². The zero-order chi connectivity index (χ0) is 12.3. The first-order chi connectivity index (χ1) is 7.89. The van der Waals surface area contributed by atoms with Gasteiger partial charge in [0.2, 0.25) is 0 Å². The number of ether oxygens (including phenoxy) is 1. The maximum atomic E-state index is 5.92. The van der Waals surface area contributed by atoms with Gasteiger partial charge < -0.3 is 4.74 Å². The summed E-state index contributed by atoms with van der Waals surface area (Å²) in [7, 11) is 0. The predicted octanol–water partition coefficient (Wildman–Crippen LogP) is 3.88. The molecule has 0 bridgehead atoms. The van der Waals surface area contributed by atoms with E-state index in [0.717, 1.165) is 13.0 Å². The minimum atomic E-state index is -0.146. The normalized spacial score (nSPS) is 46.4. The van der Waals surface area contributed by atoms with Gasteiger partial charge in [-0.05, 0) is 30.3 Å². The molecule has 0 saturated heterocycles. The van der Waals surface area contributed by atoms with Gasteiger partial charge in [-0.1, -0.05) is 51.2 Å². The zero-order valence-electron chi connectivity index (χ0n) is 11.3. The summed E-state index contributed by atoms with van der Waals surface area (Å²) in [6, 6.07) is 0. The van der Waals surface area contributed by atoms with E-state index in [1.807, 2.05) is 0 Å². The van der Waals surface area contributed by atoms with Crippen LogP contribution in [-0.2, 0) is 4.74 Å². The molecule has 0 aromatic heterocycles. The molecule has 3 aliphatic rings. The first-order valence-corrected chi connectivity index (χ1v) is 6.61. The molecule has 1 aliphatic heterocycles. The van der Waals surface area contributed by atoms with Crippen LogP contribution in [0.25, 0.3) is 0 Å². The van der Waals surface area contributed by atoms with E-state index >= 15 is 0 Å². The van der Waals surface area contributed by atoms with E-state index in [4.69, 9.17) is 4.74 Å². The van der Waals surface area contributed by atoms with E-state index in [1.165, 1.54) is 5.57 Å². The average Bonchev–Trinajstić information content (AvgIpc) is 2.60. The van der Waals surface area contributed by atoms with Gasteiger partial charge in [0.05, 0.1) is 6.61 Å². The van der Waals surface area contributed by atoms with E-state index in [0.29, 0.717) is 5.92 Å². The predicted molar refractivity (Wildman–Crippen MR) is 70.7 cm³/mol. The quantitative estimate of drug-likeness (QED) is 0.574. The lowest BCUT2D eigenvalue weighted by molar-refractivity contribution is 0.0317. The van der Waals surface area contributed by atoms with Crippen molar-refractivity contribution in [1.82, 2.24) is 0 Å². The molecule has 0 aromatic rings. The largest absolute Gasteiger partial charge is 0.363 e. The lowest BCUT2D eigenvalue weighted by Gasteiger charge is -2.53. The summed E-state index contributed by atoms with van der Waals surface area (Å²) < 4.78 is 5.92. The van der Waals surface area contributed by atoms with Gasteiger partial charge >= 0.3 is 0 Å². The van der Waals surface area contributed by atoms with E-state index in [2.05, 4.69) is 58.1 Å². The summed E-state index contributed by atoms with van der Waals surface area (Å²) in [4.78, 5) is 0. The molecule has 17 heavy (non-hydrogen) atoms. The van der Waals surface area contributed by atoms with Gasteiger partial charge in [0, 0.05) is 5.41 Å². The van der Waals surface area contributed by atoms with Crippen molar-refractivity contribution in [1.29, 1.82) is 0 Å². The third-order valence-electron chi connectivity index (χ3n) is 5.00. The van der Waals surface area contributed by atoms with Crippen molar-refractivity contribution in [3.8, 4) is 0 Å². The third-order valence-corrected chi connectivity index (χ3v) is 5.00. The summed E-state index contributed by atoms with van der Waals surface area (Å²) in [6.07, 6.45) is 12.9. The lowest BCUT2D eigenvalue weighted by Crippen LogP contribution is -2.47. The summed E-state index contributed by atoms with van der Waals surface area (Å²) in [5, 5.41) is 0. The van der Waals surface area contributed by atoms with Crippen molar-refractivity contribution in [2.75, 3.05) is 6.61 Å². The van der Waals surface area contributed by atoms with Gasteiger partial charge in [-0.3, -0.25) is 0 Å². The minimum absolute atomic E-state index is 0.146. The number of hydrogen-bond donors (Lipinski definition) is 0. The zero-order valence-corrected chi connectivity index (χ0v) is 11.3. The molecule has 1 heterocycles. The molecule has 0 radical (unpaired) electrons. The van der Waals surface area contributed by atoms with Gasteiger partial charge in [0.15, 0.2) is 0 Å². The Morgan fingerprint density at radius 3 is 2.71 bits per heavy atom. The highest BCUT2D eigenvalue weighted by Crippen LogP contribution is 2.58. The molecule has 1 heteroatoms. The molecule has 1 nitrogen and oxygen atoms in total. The van der Waals surface area contributed by atoms with Crippen LogP contribution in [0.1, 0.15) is 34.1 Å². The number of allylic oxidation sites excluding steroid dienone is 3. The van der Waals surface area contributed by atoms with Gasteiger partial charge in [-0.25, -0.2) is 0 Å². The number of rotatable bonds is 0. The fourth-order valence-corrected chi connectivity index (χ4v) is 4.19. The molecule has 0 aromatic carbocycles. The highest BCUT2D eigenvalue weighted by atomic mass is 16.5. The Morgan fingerprint density at radius 2 is 1.94 bits per heavy atom. The Morgan fingerprint density at radius 1 is 1.18 bits per heavy atom. The second-order valence-corrected chi connectivity index (χ2v) is 6.72. The van der Waals surface area contributed by atoms with Crippen LogP contribution < -0.4 is 0 Å². The average molecular weight is 230 g/mol. The highest BCUT2D eigenvalue weighted by molar-refractivity contribution is 5.42. The van der Waals surface area contributed by atoms with Gasteiger partial charge in [0.1, 0.15) is 5.60 Å². The molecule has 2 aliphatic carbocycles. The monoisotopic (exact) mass is 230 g/mol. The maximum absolute atomic E-state index is 5.92. The van der Waals surface area contributed by atoms with E-state index < -0.39 is 0 Å². The van der Waals surface area contributed by atoms with Crippen molar-refractivity contribution in [2.45, 2.75) is 39.7 Å². The van der Waals surface area contributed by atoms with Crippen molar-refractivity contribution in [3.63, 3.8) is 0 Å². The summed E-state index contributed by atoms with van der Waals surface area (Å²) in [5.74, 6) is 0.584. The topological polar surface area (TPSA) is 9.23 Å². The molecule has 3 rings (SSSR count). The van der Waals surface area contributed by atoms with Crippen LogP contribution in [0.2, 0.25) is 0 Å². The highest BCUT2D eigenvalue weighted by Gasteiger charge is 2.53. The number of fused-ring (bicyclic) bond motifs is 3. The van der Waals surface area contributed by atoms with E-state index in [1.54, 1.807) is 0 Å². The molecule has 0 saturated carbocycles. The first-order valence-electron chi connectivity index (χ1n) is 6.61. The van der Waals surface area contributed by atoms with Gasteiger partial charge in [-0.2, -0.15) is 0 Å². The van der Waals surface area contributed by atoms with Crippen LogP contribution in [0.3, 0.4) is 0 Å². The molecule has 3 atom stereocenters. The van der Waals surface area contributed by atoms with Crippen molar-refractivity contribution < 1.29 is 4.74 Å². The van der Waals surface area contributed by atoms with Crippen LogP contribution in [0, 0.1) is 16.7 Å². The van der Waals surface area contributed by atoms with E-state index in [-0.39, 0.29) is 16.4 Å². The summed E-state index contributed by atoms with van der Waals surface area (Å²) in [6.45, 7) is 10.1. The summed E-state index contributed by atoms with van der Waals surface area (Å²) >= 11 is 0. The Labute approximate surface area is 104 Å². The fourth-order valence-electron chi connectivity index (χ4n) is 4.19. The Hall–Kier alpha value is -0.820. The Kier molecular flexibility index (Phi) is 2.08. The summed E-state index contributed by atoms with van der Waals surface area (Å²) in [5.41, 5.74) is 1.83. The van der Waals surface area contributed by atoms with Gasteiger partial charge in [-0.15, -0.1) is 0 Å². The Balaban J connectivity index is 2.16. The SMILES string of the molecule is CC12C=CC3C(C)(C)C=CCC3(C)C1=CCO2. The second-order valence-electron chi connectivity index (χ2n) is 6.72. The van der Waals surface area contributed by atoms with Crippen molar-refractivity contribution in [2.24, 2.45) is 16.7 Å². The molecule has 0 amide bonds. The lowest BCUT2D eigenvalue weighted by atomic mass is 9.52. The second kappa shape index (κ2) is 3.14. The van der Waals surface area contributed by atoms with Crippen LogP contribution in [0.15, 0.2) is 36.0 Å². The molecule has 0 fully saturated rings. The first kappa shape index (κ1) is 11.3. The van der Waals surface area contributed by atoms with Crippen molar-refractivity contribution in [3.05, 3.63) is 36.0 Å². The standard InChI is InChI=1S/C16H22O/c1-14(2)8-5-9-15(3)12(14)6-10-16(4)13(15)7-11-17-16/h5-8,10,12H,9,11H2,1-4H3. The molecule has 0 N–H and O–H groups in total.